The van der Waals surface area contributed by atoms with E-state index in [2.05, 4.69) is 5.32 Å². The van der Waals surface area contributed by atoms with Gasteiger partial charge in [0.1, 0.15) is 6.26 Å². The van der Waals surface area contributed by atoms with Crippen LogP contribution in [0.5, 0.6) is 0 Å². The van der Waals surface area contributed by atoms with E-state index in [4.69, 9.17) is 14.3 Å². The van der Waals surface area contributed by atoms with Gasteiger partial charge >= 0.3 is 0 Å². The maximum atomic E-state index is 11.9. The number of furan rings is 1. The molecule has 1 heterocycles. The summed E-state index contributed by atoms with van der Waals surface area (Å²) in [4.78, 5) is 11.9. The Morgan fingerprint density at radius 2 is 2.10 bits per heavy atom. The Morgan fingerprint density at radius 1 is 1.33 bits per heavy atom. The Balaban J connectivity index is 1.99. The third kappa shape index (κ3) is 4.44. The van der Waals surface area contributed by atoms with Crippen LogP contribution in [0.4, 0.5) is 0 Å². The zero-order chi connectivity index (χ0) is 15.1. The first-order valence-electron chi connectivity index (χ1n) is 6.80. The highest BCUT2D eigenvalue weighted by Gasteiger charge is 2.14. The van der Waals surface area contributed by atoms with Crippen LogP contribution in [0.15, 0.2) is 47.3 Å². The Kier molecular flexibility index (Phi) is 5.54. The SMILES string of the molecule is Cc1ccc(C(CNC(=O)c2ccoc2)OCCO)cc1. The molecule has 0 aliphatic rings. The second-order valence-corrected chi connectivity index (χ2v) is 4.72. The molecule has 0 aliphatic heterocycles. The summed E-state index contributed by atoms with van der Waals surface area (Å²) in [5.41, 5.74) is 2.59. The molecule has 0 saturated carbocycles. The largest absolute Gasteiger partial charge is 0.472 e. The molecule has 21 heavy (non-hydrogen) atoms. The van der Waals surface area contributed by atoms with Gasteiger partial charge in [-0.2, -0.15) is 0 Å². The molecule has 1 aromatic carbocycles. The minimum atomic E-state index is -0.298. The highest BCUT2D eigenvalue weighted by atomic mass is 16.5. The third-order valence-corrected chi connectivity index (χ3v) is 3.09. The van der Waals surface area contributed by atoms with E-state index < -0.39 is 0 Å². The summed E-state index contributed by atoms with van der Waals surface area (Å²) in [5, 5.41) is 11.7. The molecule has 1 aromatic heterocycles. The molecule has 5 heteroatoms. The summed E-state index contributed by atoms with van der Waals surface area (Å²) in [6, 6.07) is 9.50. The summed E-state index contributed by atoms with van der Waals surface area (Å²) in [6.07, 6.45) is 2.55. The molecule has 0 bridgehead atoms. The van der Waals surface area contributed by atoms with Crippen LogP contribution in [-0.4, -0.2) is 30.8 Å². The Labute approximate surface area is 123 Å². The van der Waals surface area contributed by atoms with E-state index in [9.17, 15) is 4.79 Å². The number of carbonyl (C=O) groups is 1. The van der Waals surface area contributed by atoms with Crippen molar-refractivity contribution >= 4 is 5.91 Å². The van der Waals surface area contributed by atoms with Crippen molar-refractivity contribution in [2.45, 2.75) is 13.0 Å². The van der Waals surface area contributed by atoms with E-state index in [1.54, 1.807) is 6.07 Å². The summed E-state index contributed by atoms with van der Waals surface area (Å²) >= 11 is 0. The number of rotatable bonds is 7. The lowest BCUT2D eigenvalue weighted by molar-refractivity contribution is 0.0277. The number of benzene rings is 1. The van der Waals surface area contributed by atoms with Crippen LogP contribution in [0, 0.1) is 6.92 Å². The molecule has 2 rings (SSSR count). The van der Waals surface area contributed by atoms with E-state index >= 15 is 0 Å². The van der Waals surface area contributed by atoms with E-state index in [0.29, 0.717) is 12.1 Å². The standard InChI is InChI=1S/C16H19NO4/c1-12-2-4-13(5-3-12)15(21-9-7-18)10-17-16(19)14-6-8-20-11-14/h2-6,8,11,15,18H,7,9-10H2,1H3,(H,17,19). The molecule has 1 atom stereocenters. The number of hydrogen-bond donors (Lipinski definition) is 2. The van der Waals surface area contributed by atoms with Crippen LogP contribution in [0.3, 0.4) is 0 Å². The van der Waals surface area contributed by atoms with Gasteiger partial charge in [0.05, 0.1) is 31.1 Å². The van der Waals surface area contributed by atoms with E-state index in [0.717, 1.165) is 11.1 Å². The maximum Gasteiger partial charge on any atom is 0.254 e. The molecule has 2 N–H and O–H groups in total. The predicted molar refractivity (Wildman–Crippen MR) is 78.0 cm³/mol. The number of ether oxygens (including phenoxy) is 1. The van der Waals surface area contributed by atoms with Crippen molar-refractivity contribution in [1.29, 1.82) is 0 Å². The highest BCUT2D eigenvalue weighted by molar-refractivity contribution is 5.93. The van der Waals surface area contributed by atoms with E-state index in [1.807, 2.05) is 31.2 Å². The molecule has 0 radical (unpaired) electrons. The van der Waals surface area contributed by atoms with Crippen molar-refractivity contribution in [3.63, 3.8) is 0 Å². The van der Waals surface area contributed by atoms with Crippen molar-refractivity contribution in [1.82, 2.24) is 5.32 Å². The van der Waals surface area contributed by atoms with Crippen molar-refractivity contribution in [3.05, 3.63) is 59.5 Å². The Bertz CT molecular complexity index is 548. The third-order valence-electron chi connectivity index (χ3n) is 3.09. The molecule has 0 fully saturated rings. The summed E-state index contributed by atoms with van der Waals surface area (Å²) in [5.74, 6) is -0.214. The van der Waals surface area contributed by atoms with Crippen molar-refractivity contribution < 1.29 is 19.1 Å². The van der Waals surface area contributed by atoms with Gasteiger partial charge in [0.25, 0.3) is 5.91 Å². The van der Waals surface area contributed by atoms with Crippen molar-refractivity contribution in [2.24, 2.45) is 0 Å². The molecule has 0 saturated heterocycles. The van der Waals surface area contributed by atoms with Gasteiger partial charge in [-0.1, -0.05) is 29.8 Å². The zero-order valence-electron chi connectivity index (χ0n) is 11.9. The maximum absolute atomic E-state index is 11.9. The van der Waals surface area contributed by atoms with Gasteiger partial charge in [-0.25, -0.2) is 0 Å². The van der Waals surface area contributed by atoms with Crippen LogP contribution in [0.1, 0.15) is 27.6 Å². The van der Waals surface area contributed by atoms with Gasteiger partial charge in [-0.15, -0.1) is 0 Å². The lowest BCUT2D eigenvalue weighted by Crippen LogP contribution is -2.29. The summed E-state index contributed by atoms with van der Waals surface area (Å²) in [6.45, 7) is 2.50. The highest BCUT2D eigenvalue weighted by Crippen LogP contribution is 2.17. The first kappa shape index (κ1) is 15.3. The Hall–Kier alpha value is -2.11. The fourth-order valence-corrected chi connectivity index (χ4v) is 1.93. The lowest BCUT2D eigenvalue weighted by Gasteiger charge is -2.18. The van der Waals surface area contributed by atoms with Crippen LogP contribution in [-0.2, 0) is 4.74 Å². The number of nitrogens with one attached hydrogen (secondary N) is 1. The molecule has 1 amide bonds. The van der Waals surface area contributed by atoms with Crippen LogP contribution in [0.2, 0.25) is 0 Å². The zero-order valence-corrected chi connectivity index (χ0v) is 11.9. The number of hydrogen-bond acceptors (Lipinski definition) is 4. The monoisotopic (exact) mass is 289 g/mol. The van der Waals surface area contributed by atoms with E-state index in [1.165, 1.54) is 12.5 Å². The lowest BCUT2D eigenvalue weighted by atomic mass is 10.1. The molecular formula is C16H19NO4. The number of aliphatic hydroxyl groups excluding tert-OH is 1. The predicted octanol–water partition coefficient (Wildman–Crippen LogP) is 2.07. The Morgan fingerprint density at radius 3 is 2.71 bits per heavy atom. The average molecular weight is 289 g/mol. The second-order valence-electron chi connectivity index (χ2n) is 4.72. The first-order valence-corrected chi connectivity index (χ1v) is 6.80. The van der Waals surface area contributed by atoms with Gasteiger partial charge in [-0.3, -0.25) is 4.79 Å². The quantitative estimate of drug-likeness (QED) is 0.818. The van der Waals surface area contributed by atoms with Gasteiger partial charge in [0.15, 0.2) is 0 Å². The second kappa shape index (κ2) is 7.61. The summed E-state index contributed by atoms with van der Waals surface area (Å²) in [7, 11) is 0. The molecule has 1 unspecified atom stereocenters. The van der Waals surface area contributed by atoms with Gasteiger partial charge in [-0.05, 0) is 18.6 Å². The topological polar surface area (TPSA) is 71.7 Å². The molecule has 0 spiro atoms. The number of carbonyl (C=O) groups excluding carboxylic acids is 1. The average Bonchev–Trinajstić information content (AvgIpc) is 3.03. The van der Waals surface area contributed by atoms with Crippen molar-refractivity contribution in [2.75, 3.05) is 19.8 Å². The summed E-state index contributed by atoms with van der Waals surface area (Å²) < 4.78 is 10.5. The number of aliphatic hydroxyl groups is 1. The molecule has 2 aromatic rings. The fraction of sp³-hybridized carbons (Fsp3) is 0.312. The number of aryl methyl sites for hydroxylation is 1. The molecular weight excluding hydrogens is 270 g/mol. The normalized spacial score (nSPS) is 12.1. The number of amides is 1. The first-order chi connectivity index (χ1) is 10.2. The smallest absolute Gasteiger partial charge is 0.254 e. The fourth-order valence-electron chi connectivity index (χ4n) is 1.93. The van der Waals surface area contributed by atoms with Gasteiger partial charge in [0.2, 0.25) is 0 Å². The van der Waals surface area contributed by atoms with Crippen LogP contribution >= 0.6 is 0 Å². The molecule has 5 nitrogen and oxygen atoms in total. The minimum Gasteiger partial charge on any atom is -0.472 e. The van der Waals surface area contributed by atoms with Gasteiger partial charge < -0.3 is 19.6 Å². The van der Waals surface area contributed by atoms with Crippen molar-refractivity contribution in [3.8, 4) is 0 Å². The van der Waals surface area contributed by atoms with Gasteiger partial charge in [0, 0.05) is 6.54 Å². The van der Waals surface area contributed by atoms with Crippen LogP contribution < -0.4 is 5.32 Å². The van der Waals surface area contributed by atoms with E-state index in [-0.39, 0.29) is 25.2 Å². The minimum absolute atomic E-state index is 0.0575. The molecule has 0 aliphatic carbocycles. The van der Waals surface area contributed by atoms with Crippen LogP contribution in [0.25, 0.3) is 0 Å². The molecule has 112 valence electrons.